The monoisotopic (exact) mass is 289 g/mol. The van der Waals surface area contributed by atoms with Gasteiger partial charge in [-0.15, -0.1) is 0 Å². The number of nitrogens with one attached hydrogen (secondary N) is 1. The van der Waals surface area contributed by atoms with Gasteiger partial charge in [0.05, 0.1) is 11.0 Å². The van der Waals surface area contributed by atoms with Crippen molar-refractivity contribution in [3.05, 3.63) is 48.0 Å². The van der Waals surface area contributed by atoms with Crippen LogP contribution in [0.1, 0.15) is 24.9 Å². The van der Waals surface area contributed by atoms with Crippen molar-refractivity contribution in [2.75, 3.05) is 12.3 Å². The summed E-state index contributed by atoms with van der Waals surface area (Å²) >= 11 is 0. The average Bonchev–Trinajstić information content (AvgIpc) is 2.58. The van der Waals surface area contributed by atoms with E-state index >= 15 is 0 Å². The molecule has 2 unspecified atom stereocenters. The van der Waals surface area contributed by atoms with Crippen molar-refractivity contribution >= 4 is 20.6 Å². The molecule has 106 valence electrons. The molecule has 0 amide bonds. The Labute approximate surface area is 119 Å². The summed E-state index contributed by atoms with van der Waals surface area (Å²) in [5.74, 6) is 0.187. The van der Waals surface area contributed by atoms with Crippen molar-refractivity contribution in [3.63, 3.8) is 0 Å². The molecule has 0 aliphatic carbocycles. The van der Waals surface area contributed by atoms with Crippen molar-refractivity contribution in [1.82, 2.24) is 5.32 Å². The van der Waals surface area contributed by atoms with Gasteiger partial charge < -0.3 is 5.32 Å². The summed E-state index contributed by atoms with van der Waals surface area (Å²) in [6.45, 7) is 2.55. The fourth-order valence-corrected chi connectivity index (χ4v) is 4.31. The zero-order chi connectivity index (χ0) is 14.2. The predicted molar refractivity (Wildman–Crippen MR) is 82.6 cm³/mol. The molecule has 0 spiro atoms. The normalized spacial score (nSPS) is 26.2. The summed E-state index contributed by atoms with van der Waals surface area (Å²) in [4.78, 5) is 0. The van der Waals surface area contributed by atoms with Crippen LogP contribution in [-0.2, 0) is 9.84 Å². The lowest BCUT2D eigenvalue weighted by Gasteiger charge is -2.16. The zero-order valence-corrected chi connectivity index (χ0v) is 12.4. The van der Waals surface area contributed by atoms with Crippen molar-refractivity contribution < 1.29 is 8.42 Å². The Kier molecular flexibility index (Phi) is 3.52. The van der Waals surface area contributed by atoms with Crippen LogP contribution in [0.2, 0.25) is 0 Å². The summed E-state index contributed by atoms with van der Waals surface area (Å²) in [6, 6.07) is 14.2. The number of benzene rings is 2. The van der Waals surface area contributed by atoms with Crippen molar-refractivity contribution in [2.24, 2.45) is 0 Å². The molecule has 1 saturated heterocycles. The summed E-state index contributed by atoms with van der Waals surface area (Å²) in [5, 5.41) is 5.46. The minimum absolute atomic E-state index is 0.102. The molecule has 1 aliphatic rings. The molecule has 1 heterocycles. The molecule has 0 bridgehead atoms. The van der Waals surface area contributed by atoms with E-state index in [2.05, 4.69) is 29.6 Å². The summed E-state index contributed by atoms with van der Waals surface area (Å²) < 4.78 is 24.4. The van der Waals surface area contributed by atoms with E-state index in [1.165, 1.54) is 5.39 Å². The molecular formula is C16H19NO2S. The number of sulfone groups is 1. The quantitative estimate of drug-likeness (QED) is 0.878. The highest BCUT2D eigenvalue weighted by Gasteiger charge is 2.29. The van der Waals surface area contributed by atoms with Crippen LogP contribution in [0.5, 0.6) is 0 Å². The van der Waals surface area contributed by atoms with Crippen LogP contribution in [0.3, 0.4) is 0 Å². The highest BCUT2D eigenvalue weighted by atomic mass is 32.2. The van der Waals surface area contributed by atoms with E-state index < -0.39 is 9.84 Å². The van der Waals surface area contributed by atoms with Crippen LogP contribution >= 0.6 is 0 Å². The topological polar surface area (TPSA) is 46.2 Å². The second-order valence-electron chi connectivity index (χ2n) is 5.54. The molecular weight excluding hydrogens is 270 g/mol. The van der Waals surface area contributed by atoms with Crippen LogP contribution in [0.4, 0.5) is 0 Å². The minimum atomic E-state index is -3.01. The third-order valence-electron chi connectivity index (χ3n) is 4.13. The van der Waals surface area contributed by atoms with Gasteiger partial charge in [0.2, 0.25) is 0 Å². The molecule has 3 rings (SSSR count). The van der Waals surface area contributed by atoms with Crippen LogP contribution in [-0.4, -0.2) is 26.0 Å². The first-order valence-corrected chi connectivity index (χ1v) is 8.71. The van der Waals surface area contributed by atoms with Gasteiger partial charge in [-0.3, -0.25) is 0 Å². The van der Waals surface area contributed by atoms with Gasteiger partial charge in [-0.05, 0) is 42.3 Å². The Morgan fingerprint density at radius 3 is 2.65 bits per heavy atom. The molecule has 4 heteroatoms. The van der Waals surface area contributed by atoms with E-state index in [1.54, 1.807) is 6.92 Å². The molecule has 1 fully saturated rings. The molecule has 3 nitrogen and oxygen atoms in total. The van der Waals surface area contributed by atoms with Gasteiger partial charge in [0.15, 0.2) is 9.84 Å². The molecule has 1 N–H and O–H groups in total. The predicted octanol–water partition coefficient (Wildman–Crippen LogP) is 2.68. The van der Waals surface area contributed by atoms with Gasteiger partial charge in [-0.1, -0.05) is 36.4 Å². The maximum atomic E-state index is 12.2. The lowest BCUT2D eigenvalue weighted by atomic mass is 10.0. The fourth-order valence-electron chi connectivity index (χ4n) is 2.73. The average molecular weight is 289 g/mol. The molecule has 2 aromatic carbocycles. The number of fused-ring (bicyclic) bond motifs is 1. The van der Waals surface area contributed by atoms with Gasteiger partial charge >= 0.3 is 0 Å². The highest BCUT2D eigenvalue weighted by Crippen LogP contribution is 2.25. The van der Waals surface area contributed by atoms with Gasteiger partial charge in [-0.25, -0.2) is 8.42 Å². The van der Waals surface area contributed by atoms with Crippen molar-refractivity contribution in [3.8, 4) is 0 Å². The summed E-state index contributed by atoms with van der Waals surface area (Å²) in [6.07, 6.45) is 0.687. The second-order valence-corrected chi connectivity index (χ2v) is 8.01. The Morgan fingerprint density at radius 1 is 1.10 bits per heavy atom. The summed E-state index contributed by atoms with van der Waals surface area (Å²) in [5.41, 5.74) is 1.06. The summed E-state index contributed by atoms with van der Waals surface area (Å²) in [7, 11) is -3.01. The van der Waals surface area contributed by atoms with E-state index in [-0.39, 0.29) is 17.0 Å². The number of hydrogen-bond acceptors (Lipinski definition) is 3. The smallest absolute Gasteiger partial charge is 0.154 e. The van der Waals surface area contributed by atoms with Crippen molar-refractivity contribution in [2.45, 2.75) is 24.6 Å². The maximum absolute atomic E-state index is 12.2. The SMILES string of the molecule is CC1CCNC(c2ccc3ccccc3c2)CS1(=O)=O. The Hall–Kier alpha value is -1.39. The van der Waals surface area contributed by atoms with Crippen LogP contribution in [0.15, 0.2) is 42.5 Å². The van der Waals surface area contributed by atoms with E-state index in [9.17, 15) is 8.42 Å². The van der Waals surface area contributed by atoms with Crippen molar-refractivity contribution in [1.29, 1.82) is 0 Å². The standard InChI is InChI=1S/C16H19NO2S/c1-12-8-9-17-16(11-20(12,18)19)15-7-6-13-4-2-3-5-14(13)10-15/h2-7,10,12,16-17H,8-9,11H2,1H3. The van der Waals surface area contributed by atoms with Gasteiger partial charge in [0, 0.05) is 6.04 Å². The van der Waals surface area contributed by atoms with Crippen LogP contribution < -0.4 is 5.32 Å². The van der Waals surface area contributed by atoms with E-state index in [0.29, 0.717) is 6.42 Å². The van der Waals surface area contributed by atoms with Gasteiger partial charge in [-0.2, -0.15) is 0 Å². The van der Waals surface area contributed by atoms with E-state index in [0.717, 1.165) is 17.5 Å². The fraction of sp³-hybridized carbons (Fsp3) is 0.375. The molecule has 0 radical (unpaired) electrons. The first-order valence-electron chi connectivity index (χ1n) is 7.00. The lowest BCUT2D eigenvalue weighted by molar-refractivity contribution is 0.572. The first kappa shape index (κ1) is 13.6. The molecule has 20 heavy (non-hydrogen) atoms. The Balaban J connectivity index is 1.97. The maximum Gasteiger partial charge on any atom is 0.154 e. The first-order chi connectivity index (χ1) is 9.56. The van der Waals surface area contributed by atoms with Gasteiger partial charge in [0.1, 0.15) is 0 Å². The second kappa shape index (κ2) is 5.19. The minimum Gasteiger partial charge on any atom is -0.309 e. The molecule has 2 atom stereocenters. The zero-order valence-electron chi connectivity index (χ0n) is 11.5. The number of rotatable bonds is 1. The van der Waals surface area contributed by atoms with E-state index in [4.69, 9.17) is 0 Å². The Morgan fingerprint density at radius 2 is 1.85 bits per heavy atom. The number of hydrogen-bond donors (Lipinski definition) is 1. The Bertz CT molecular complexity index is 724. The van der Waals surface area contributed by atoms with Crippen LogP contribution in [0.25, 0.3) is 10.8 Å². The van der Waals surface area contributed by atoms with Crippen LogP contribution in [0, 0.1) is 0 Å². The van der Waals surface area contributed by atoms with E-state index in [1.807, 2.05) is 18.2 Å². The lowest BCUT2D eigenvalue weighted by Crippen LogP contribution is -2.26. The third-order valence-corrected chi connectivity index (χ3v) is 6.39. The molecule has 0 saturated carbocycles. The van der Waals surface area contributed by atoms with Gasteiger partial charge in [0.25, 0.3) is 0 Å². The highest BCUT2D eigenvalue weighted by molar-refractivity contribution is 7.92. The third kappa shape index (κ3) is 2.58. The molecule has 2 aromatic rings. The molecule has 1 aliphatic heterocycles. The largest absolute Gasteiger partial charge is 0.309 e. The molecule has 0 aromatic heterocycles.